The second-order valence-corrected chi connectivity index (χ2v) is 6.58. The molecule has 0 saturated carbocycles. The van der Waals surface area contributed by atoms with Gasteiger partial charge in [-0.05, 0) is 49.1 Å². The van der Waals surface area contributed by atoms with Gasteiger partial charge in [0.15, 0.2) is 11.6 Å². The number of esters is 1. The van der Waals surface area contributed by atoms with Gasteiger partial charge in [-0.25, -0.2) is 9.18 Å². The molecule has 3 aromatic rings. The monoisotopic (exact) mass is 378 g/mol. The molecule has 0 bridgehead atoms. The highest BCUT2D eigenvalue weighted by Gasteiger charge is 2.13. The summed E-state index contributed by atoms with van der Waals surface area (Å²) in [6.07, 6.45) is 7.13. The Morgan fingerprint density at radius 2 is 1.82 bits per heavy atom. The van der Waals surface area contributed by atoms with E-state index in [9.17, 15) is 9.18 Å². The molecular formula is C23H23FN2O2. The molecule has 0 aliphatic carbocycles. The lowest BCUT2D eigenvalue weighted by atomic mass is 10.1. The third-order valence-corrected chi connectivity index (χ3v) is 4.50. The zero-order valence-corrected chi connectivity index (χ0v) is 16.1. The minimum atomic E-state index is -0.598. The first-order valence-electron chi connectivity index (χ1n) is 9.52. The van der Waals surface area contributed by atoms with Crippen molar-refractivity contribution < 1.29 is 13.9 Å². The van der Waals surface area contributed by atoms with Gasteiger partial charge in [-0.1, -0.05) is 38.5 Å². The Hall–Kier alpha value is -3.08. The minimum absolute atomic E-state index is 0.0599. The zero-order chi connectivity index (χ0) is 19.9. The van der Waals surface area contributed by atoms with Gasteiger partial charge in [0, 0.05) is 11.8 Å². The van der Waals surface area contributed by atoms with E-state index in [0.717, 1.165) is 48.2 Å². The molecule has 0 atom stereocenters. The van der Waals surface area contributed by atoms with Gasteiger partial charge >= 0.3 is 5.97 Å². The molecule has 2 aromatic carbocycles. The number of halogens is 1. The highest BCUT2D eigenvalue weighted by molar-refractivity contribution is 5.91. The highest BCUT2D eigenvalue weighted by Crippen LogP contribution is 2.22. The van der Waals surface area contributed by atoms with Crippen molar-refractivity contribution in [2.24, 2.45) is 0 Å². The first-order valence-corrected chi connectivity index (χ1v) is 9.52. The van der Waals surface area contributed by atoms with E-state index in [-0.39, 0.29) is 5.75 Å². The van der Waals surface area contributed by atoms with Gasteiger partial charge in [0.25, 0.3) is 0 Å². The minimum Gasteiger partial charge on any atom is -0.420 e. The van der Waals surface area contributed by atoms with Crippen LogP contribution in [0, 0.1) is 5.82 Å². The topological polar surface area (TPSA) is 52.1 Å². The van der Waals surface area contributed by atoms with Gasteiger partial charge < -0.3 is 4.74 Å². The molecule has 1 heterocycles. The summed E-state index contributed by atoms with van der Waals surface area (Å²) in [7, 11) is 0. The summed E-state index contributed by atoms with van der Waals surface area (Å²) in [5.41, 5.74) is 3.74. The third-order valence-electron chi connectivity index (χ3n) is 4.50. The smallest absolute Gasteiger partial charge is 0.343 e. The highest BCUT2D eigenvalue weighted by atomic mass is 19.1. The third kappa shape index (κ3) is 4.80. The molecule has 3 rings (SSSR count). The van der Waals surface area contributed by atoms with Crippen LogP contribution in [0.5, 0.6) is 5.75 Å². The molecule has 0 unspecified atom stereocenters. The second kappa shape index (κ2) is 9.22. The van der Waals surface area contributed by atoms with Crippen molar-refractivity contribution in [2.45, 2.75) is 39.5 Å². The first kappa shape index (κ1) is 19.7. The van der Waals surface area contributed by atoms with E-state index in [2.05, 4.69) is 16.9 Å². The van der Waals surface area contributed by atoms with E-state index < -0.39 is 11.8 Å². The van der Waals surface area contributed by atoms with Crippen molar-refractivity contribution in [3.8, 4) is 17.0 Å². The average Bonchev–Trinajstić information content (AvgIpc) is 2.74. The SMILES string of the molecule is CCCCc1ccc(OC(=O)c2ccc(-c3cnc(CC)cn3)cc2)c(F)c1. The Morgan fingerprint density at radius 3 is 2.43 bits per heavy atom. The number of unbranched alkanes of at least 4 members (excludes halogenated alkanes) is 1. The van der Waals surface area contributed by atoms with Gasteiger partial charge in [-0.15, -0.1) is 0 Å². The number of aryl methyl sites for hydroxylation is 2. The maximum Gasteiger partial charge on any atom is 0.343 e. The zero-order valence-electron chi connectivity index (χ0n) is 16.1. The Bertz CT molecular complexity index is 938. The van der Waals surface area contributed by atoms with Crippen LogP contribution in [-0.2, 0) is 12.8 Å². The van der Waals surface area contributed by atoms with Gasteiger partial charge in [-0.3, -0.25) is 9.97 Å². The molecule has 4 nitrogen and oxygen atoms in total. The van der Waals surface area contributed by atoms with Crippen LogP contribution in [-0.4, -0.2) is 15.9 Å². The Balaban J connectivity index is 1.69. The Labute approximate surface area is 164 Å². The second-order valence-electron chi connectivity index (χ2n) is 6.58. The van der Waals surface area contributed by atoms with Crippen molar-refractivity contribution in [1.29, 1.82) is 0 Å². The molecule has 0 aliphatic heterocycles. The van der Waals surface area contributed by atoms with Crippen molar-refractivity contribution in [3.05, 3.63) is 77.5 Å². The lowest BCUT2D eigenvalue weighted by Crippen LogP contribution is -2.09. The van der Waals surface area contributed by atoms with Crippen LogP contribution in [0.15, 0.2) is 54.9 Å². The molecule has 0 saturated heterocycles. The van der Waals surface area contributed by atoms with Gasteiger partial charge in [0.05, 0.1) is 23.1 Å². The van der Waals surface area contributed by atoms with Crippen molar-refractivity contribution in [1.82, 2.24) is 9.97 Å². The molecule has 0 N–H and O–H groups in total. The molecule has 0 amide bonds. The molecule has 0 spiro atoms. The number of carbonyl (C=O) groups is 1. The number of hydrogen-bond donors (Lipinski definition) is 0. The largest absolute Gasteiger partial charge is 0.420 e. The number of carbonyl (C=O) groups excluding carboxylic acids is 1. The van der Waals surface area contributed by atoms with Crippen LogP contribution < -0.4 is 4.74 Å². The van der Waals surface area contributed by atoms with Crippen LogP contribution in [0.4, 0.5) is 4.39 Å². The van der Waals surface area contributed by atoms with Crippen LogP contribution in [0.25, 0.3) is 11.3 Å². The summed E-state index contributed by atoms with van der Waals surface area (Å²) < 4.78 is 19.4. The number of hydrogen-bond acceptors (Lipinski definition) is 4. The van der Waals surface area contributed by atoms with Crippen molar-refractivity contribution >= 4 is 5.97 Å². The molecule has 0 radical (unpaired) electrons. The quantitative estimate of drug-likeness (QED) is 0.408. The van der Waals surface area contributed by atoms with Crippen molar-refractivity contribution in [3.63, 3.8) is 0 Å². The number of aromatic nitrogens is 2. The normalized spacial score (nSPS) is 10.7. The van der Waals surface area contributed by atoms with E-state index >= 15 is 0 Å². The van der Waals surface area contributed by atoms with Crippen LogP contribution in [0.2, 0.25) is 0 Å². The summed E-state index contributed by atoms with van der Waals surface area (Å²) in [6.45, 7) is 4.11. The summed E-state index contributed by atoms with van der Waals surface area (Å²) in [4.78, 5) is 21.0. The van der Waals surface area contributed by atoms with E-state index in [0.29, 0.717) is 5.56 Å². The van der Waals surface area contributed by atoms with E-state index in [4.69, 9.17) is 4.74 Å². The predicted octanol–water partition coefficient (Wildman–Crippen LogP) is 5.41. The number of ether oxygens (including phenoxy) is 1. The van der Waals surface area contributed by atoms with Crippen molar-refractivity contribution in [2.75, 3.05) is 0 Å². The summed E-state index contributed by atoms with van der Waals surface area (Å²) in [5.74, 6) is -1.18. The average molecular weight is 378 g/mol. The standard InChI is InChI=1S/C23H23FN2O2/c1-3-5-6-16-7-12-22(20(24)13-16)28-23(27)18-10-8-17(9-11-18)21-15-25-19(4-2)14-26-21/h7-15H,3-6H2,1-2H3. The Morgan fingerprint density at radius 1 is 1.04 bits per heavy atom. The lowest BCUT2D eigenvalue weighted by molar-refractivity contribution is 0.0728. The predicted molar refractivity (Wildman–Crippen MR) is 107 cm³/mol. The molecule has 0 fully saturated rings. The van der Waals surface area contributed by atoms with Gasteiger partial charge in [0.2, 0.25) is 0 Å². The number of nitrogens with zero attached hydrogens (tertiary/aromatic N) is 2. The van der Waals surface area contributed by atoms with E-state index in [1.165, 1.54) is 12.1 Å². The summed E-state index contributed by atoms with van der Waals surface area (Å²) >= 11 is 0. The molecular weight excluding hydrogens is 355 g/mol. The molecule has 144 valence electrons. The Kier molecular flexibility index (Phi) is 6.48. The fourth-order valence-corrected chi connectivity index (χ4v) is 2.79. The van der Waals surface area contributed by atoms with Gasteiger partial charge in [-0.2, -0.15) is 0 Å². The first-order chi connectivity index (χ1) is 13.6. The fraction of sp³-hybridized carbons (Fsp3) is 0.261. The number of benzene rings is 2. The maximum absolute atomic E-state index is 14.2. The van der Waals surface area contributed by atoms with E-state index in [1.807, 2.05) is 6.92 Å². The summed E-state index contributed by atoms with van der Waals surface area (Å²) in [5, 5.41) is 0. The van der Waals surface area contributed by atoms with Crippen LogP contribution in [0.1, 0.15) is 48.3 Å². The molecule has 1 aromatic heterocycles. The van der Waals surface area contributed by atoms with Gasteiger partial charge in [0.1, 0.15) is 0 Å². The van der Waals surface area contributed by atoms with Crippen LogP contribution in [0.3, 0.4) is 0 Å². The van der Waals surface area contributed by atoms with E-state index in [1.54, 1.807) is 42.7 Å². The fourth-order valence-electron chi connectivity index (χ4n) is 2.79. The molecule has 28 heavy (non-hydrogen) atoms. The number of rotatable bonds is 7. The lowest BCUT2D eigenvalue weighted by Gasteiger charge is -2.08. The molecule has 5 heteroatoms. The molecule has 0 aliphatic rings. The van der Waals surface area contributed by atoms with Crippen LogP contribution >= 0.6 is 0 Å². The summed E-state index contributed by atoms with van der Waals surface area (Å²) in [6, 6.07) is 11.6. The maximum atomic E-state index is 14.2.